The number of carbonyl (C=O) groups excluding carboxylic acids is 1. The molecule has 0 bridgehead atoms. The standard InChI is InChI=1S/C28H31ClN2O4/c1-4-34-27-12-5-21(18-22(27)19-35-25-10-11-26(29)20(2)17-25)28(32)31-15-13-30(14-16-31)23-6-8-24(33-3)9-7-23/h5-12,17-18H,4,13-16,19H2,1-3H3. The number of carbonyl (C=O) groups is 1. The van der Waals surface area contributed by atoms with Crippen molar-refractivity contribution in [1.29, 1.82) is 0 Å². The number of methoxy groups -OCH3 is 1. The van der Waals surface area contributed by atoms with Crippen LogP contribution in [0.2, 0.25) is 5.02 Å². The first kappa shape index (κ1) is 24.7. The number of amides is 1. The maximum atomic E-state index is 13.3. The fourth-order valence-corrected chi connectivity index (χ4v) is 4.25. The molecule has 0 N–H and O–H groups in total. The number of hydrogen-bond acceptors (Lipinski definition) is 5. The molecule has 0 saturated carbocycles. The van der Waals surface area contributed by atoms with Crippen molar-refractivity contribution in [2.75, 3.05) is 44.8 Å². The molecule has 3 aromatic carbocycles. The second-order valence-corrected chi connectivity index (χ2v) is 8.84. The third-order valence-corrected chi connectivity index (χ3v) is 6.56. The average Bonchev–Trinajstić information content (AvgIpc) is 2.90. The van der Waals surface area contributed by atoms with E-state index in [1.54, 1.807) is 7.11 Å². The highest BCUT2D eigenvalue weighted by Gasteiger charge is 2.23. The van der Waals surface area contributed by atoms with E-state index in [4.69, 9.17) is 25.8 Å². The van der Waals surface area contributed by atoms with Gasteiger partial charge in [-0.2, -0.15) is 0 Å². The van der Waals surface area contributed by atoms with Crippen LogP contribution in [0.15, 0.2) is 60.7 Å². The van der Waals surface area contributed by atoms with Crippen molar-refractivity contribution in [3.8, 4) is 17.2 Å². The van der Waals surface area contributed by atoms with E-state index in [1.807, 2.05) is 67.3 Å². The zero-order valence-electron chi connectivity index (χ0n) is 20.4. The van der Waals surface area contributed by atoms with E-state index in [2.05, 4.69) is 17.0 Å². The number of piperazine rings is 1. The predicted molar refractivity (Wildman–Crippen MR) is 139 cm³/mol. The third kappa shape index (κ3) is 6.01. The highest BCUT2D eigenvalue weighted by Crippen LogP contribution is 2.26. The number of ether oxygens (including phenoxy) is 3. The molecule has 1 amide bonds. The Morgan fingerprint density at radius 3 is 2.29 bits per heavy atom. The minimum Gasteiger partial charge on any atom is -0.497 e. The van der Waals surface area contributed by atoms with Crippen molar-refractivity contribution < 1.29 is 19.0 Å². The molecule has 1 saturated heterocycles. The van der Waals surface area contributed by atoms with Gasteiger partial charge in [-0.15, -0.1) is 0 Å². The zero-order valence-corrected chi connectivity index (χ0v) is 21.2. The lowest BCUT2D eigenvalue weighted by Gasteiger charge is -2.36. The summed E-state index contributed by atoms with van der Waals surface area (Å²) in [7, 11) is 1.66. The Hall–Kier alpha value is -3.38. The van der Waals surface area contributed by atoms with Gasteiger partial charge in [0, 0.05) is 48.0 Å². The second kappa shape index (κ2) is 11.4. The van der Waals surface area contributed by atoms with E-state index in [9.17, 15) is 4.79 Å². The lowest BCUT2D eigenvalue weighted by atomic mass is 10.1. The zero-order chi connectivity index (χ0) is 24.8. The van der Waals surface area contributed by atoms with Gasteiger partial charge < -0.3 is 24.0 Å². The number of benzene rings is 3. The number of hydrogen-bond donors (Lipinski definition) is 0. The van der Waals surface area contributed by atoms with Gasteiger partial charge in [0.2, 0.25) is 0 Å². The first-order valence-electron chi connectivity index (χ1n) is 11.8. The quantitative estimate of drug-likeness (QED) is 0.408. The van der Waals surface area contributed by atoms with Gasteiger partial charge in [0.15, 0.2) is 0 Å². The molecule has 0 radical (unpaired) electrons. The largest absolute Gasteiger partial charge is 0.497 e. The molecule has 0 aliphatic carbocycles. The van der Waals surface area contributed by atoms with Crippen molar-refractivity contribution in [3.05, 3.63) is 82.4 Å². The Labute approximate surface area is 212 Å². The normalized spacial score (nSPS) is 13.5. The van der Waals surface area contributed by atoms with Crippen LogP contribution < -0.4 is 19.1 Å². The maximum Gasteiger partial charge on any atom is 0.253 e. The van der Waals surface area contributed by atoms with Crippen LogP contribution in [0, 0.1) is 6.92 Å². The molecule has 0 unspecified atom stereocenters. The lowest BCUT2D eigenvalue weighted by Crippen LogP contribution is -2.48. The first-order chi connectivity index (χ1) is 17.0. The number of anilines is 1. The van der Waals surface area contributed by atoms with Crippen LogP contribution in [0.1, 0.15) is 28.4 Å². The third-order valence-electron chi connectivity index (χ3n) is 6.14. The van der Waals surface area contributed by atoms with Crippen molar-refractivity contribution in [3.63, 3.8) is 0 Å². The Kier molecular flexibility index (Phi) is 8.03. The Morgan fingerprint density at radius 1 is 0.914 bits per heavy atom. The van der Waals surface area contributed by atoms with Crippen LogP contribution in [0.4, 0.5) is 5.69 Å². The molecular formula is C28H31ClN2O4. The van der Waals surface area contributed by atoms with Crippen molar-refractivity contribution in [1.82, 2.24) is 4.90 Å². The molecule has 35 heavy (non-hydrogen) atoms. The fourth-order valence-electron chi connectivity index (χ4n) is 4.13. The lowest BCUT2D eigenvalue weighted by molar-refractivity contribution is 0.0746. The topological polar surface area (TPSA) is 51.2 Å². The molecule has 0 atom stereocenters. The van der Waals surface area contributed by atoms with Crippen LogP contribution >= 0.6 is 11.6 Å². The number of halogens is 1. The Morgan fingerprint density at radius 2 is 1.63 bits per heavy atom. The van der Waals surface area contributed by atoms with Gasteiger partial charge in [-0.1, -0.05) is 11.6 Å². The van der Waals surface area contributed by atoms with Crippen LogP contribution in [0.25, 0.3) is 0 Å². The SMILES string of the molecule is CCOc1ccc(C(=O)N2CCN(c3ccc(OC)cc3)CC2)cc1COc1ccc(Cl)c(C)c1. The van der Waals surface area contributed by atoms with Crippen LogP contribution in [0.3, 0.4) is 0 Å². The molecule has 1 heterocycles. The predicted octanol–water partition coefficient (Wildman–Crippen LogP) is 5.60. The van der Waals surface area contributed by atoms with E-state index in [0.29, 0.717) is 36.9 Å². The minimum atomic E-state index is 0.0195. The Bertz CT molecular complexity index is 1160. The smallest absolute Gasteiger partial charge is 0.253 e. The van der Waals surface area contributed by atoms with E-state index in [1.165, 1.54) is 0 Å². The molecule has 4 rings (SSSR count). The van der Waals surface area contributed by atoms with E-state index in [0.717, 1.165) is 47.2 Å². The summed E-state index contributed by atoms with van der Waals surface area (Å²) in [5, 5.41) is 0.701. The van der Waals surface area contributed by atoms with E-state index in [-0.39, 0.29) is 5.91 Å². The second-order valence-electron chi connectivity index (χ2n) is 8.43. The summed E-state index contributed by atoms with van der Waals surface area (Å²) in [6.45, 7) is 7.59. The van der Waals surface area contributed by atoms with Gasteiger partial charge in [0.05, 0.1) is 13.7 Å². The summed E-state index contributed by atoms with van der Waals surface area (Å²) < 4.78 is 17.0. The Balaban J connectivity index is 1.43. The van der Waals surface area contributed by atoms with Gasteiger partial charge in [-0.05, 0) is 80.1 Å². The fraction of sp³-hybridized carbons (Fsp3) is 0.321. The van der Waals surface area contributed by atoms with Gasteiger partial charge in [0.1, 0.15) is 23.9 Å². The van der Waals surface area contributed by atoms with Crippen molar-refractivity contribution in [2.45, 2.75) is 20.5 Å². The first-order valence-corrected chi connectivity index (χ1v) is 12.2. The summed E-state index contributed by atoms with van der Waals surface area (Å²) in [5.41, 5.74) is 3.56. The molecule has 1 fully saturated rings. The monoisotopic (exact) mass is 494 g/mol. The van der Waals surface area contributed by atoms with Crippen LogP contribution in [-0.2, 0) is 6.61 Å². The van der Waals surface area contributed by atoms with Crippen LogP contribution in [-0.4, -0.2) is 50.7 Å². The summed E-state index contributed by atoms with van der Waals surface area (Å²) >= 11 is 6.12. The number of nitrogens with zero attached hydrogens (tertiary/aromatic N) is 2. The molecule has 0 spiro atoms. The van der Waals surface area contributed by atoms with Crippen molar-refractivity contribution >= 4 is 23.2 Å². The minimum absolute atomic E-state index is 0.0195. The molecule has 1 aliphatic heterocycles. The number of rotatable bonds is 8. The molecule has 3 aromatic rings. The van der Waals surface area contributed by atoms with Gasteiger partial charge in [-0.25, -0.2) is 0 Å². The molecule has 184 valence electrons. The maximum absolute atomic E-state index is 13.3. The average molecular weight is 495 g/mol. The summed E-state index contributed by atoms with van der Waals surface area (Å²) in [5.74, 6) is 2.30. The van der Waals surface area contributed by atoms with Gasteiger partial charge in [0.25, 0.3) is 5.91 Å². The summed E-state index contributed by atoms with van der Waals surface area (Å²) in [4.78, 5) is 17.5. The van der Waals surface area contributed by atoms with E-state index < -0.39 is 0 Å². The van der Waals surface area contributed by atoms with Crippen molar-refractivity contribution in [2.24, 2.45) is 0 Å². The highest BCUT2D eigenvalue weighted by molar-refractivity contribution is 6.31. The van der Waals surface area contributed by atoms with E-state index >= 15 is 0 Å². The molecule has 1 aliphatic rings. The van der Waals surface area contributed by atoms with Crippen LogP contribution in [0.5, 0.6) is 17.2 Å². The summed E-state index contributed by atoms with van der Waals surface area (Å²) in [6, 6.07) is 19.2. The van der Waals surface area contributed by atoms with Gasteiger partial charge >= 0.3 is 0 Å². The summed E-state index contributed by atoms with van der Waals surface area (Å²) in [6.07, 6.45) is 0. The molecule has 6 nitrogen and oxygen atoms in total. The van der Waals surface area contributed by atoms with Gasteiger partial charge in [-0.3, -0.25) is 4.79 Å². The highest BCUT2D eigenvalue weighted by atomic mass is 35.5. The number of aryl methyl sites for hydroxylation is 1. The molecular weight excluding hydrogens is 464 g/mol. The molecule has 7 heteroatoms. The molecule has 0 aromatic heterocycles.